The fraction of sp³-hybridized carbons (Fsp3) is 0.273. The number of benzene rings is 2. The highest BCUT2D eigenvalue weighted by Gasteiger charge is 2.35. The van der Waals surface area contributed by atoms with Gasteiger partial charge in [-0.15, -0.1) is 6.58 Å². The van der Waals surface area contributed by atoms with Gasteiger partial charge in [0.15, 0.2) is 0 Å². The van der Waals surface area contributed by atoms with Crippen LogP contribution in [0.4, 0.5) is 5.69 Å². The number of nitrogens with zero attached hydrogens (tertiary/aromatic N) is 3. The van der Waals surface area contributed by atoms with Crippen molar-refractivity contribution in [1.82, 2.24) is 9.55 Å². The van der Waals surface area contributed by atoms with Crippen molar-refractivity contribution in [3.05, 3.63) is 72.1 Å². The van der Waals surface area contributed by atoms with Crippen LogP contribution in [0.5, 0.6) is 0 Å². The lowest BCUT2D eigenvalue weighted by Gasteiger charge is -2.21. The highest BCUT2D eigenvalue weighted by atomic mass is 16.2. The average molecular weight is 345 g/mol. The zero-order valence-corrected chi connectivity index (χ0v) is 15.3. The van der Waals surface area contributed by atoms with Crippen molar-refractivity contribution in [2.75, 3.05) is 11.4 Å². The number of amides is 1. The number of aryl methyl sites for hydroxylation is 2. The van der Waals surface area contributed by atoms with Gasteiger partial charge in [-0.1, -0.05) is 36.4 Å². The van der Waals surface area contributed by atoms with E-state index >= 15 is 0 Å². The summed E-state index contributed by atoms with van der Waals surface area (Å²) in [5, 5.41) is 0. The van der Waals surface area contributed by atoms with Gasteiger partial charge in [-0.3, -0.25) is 4.79 Å². The van der Waals surface area contributed by atoms with E-state index in [9.17, 15) is 4.79 Å². The van der Waals surface area contributed by atoms with Crippen LogP contribution < -0.4 is 4.90 Å². The number of carbonyl (C=O) groups excluding carboxylic acids is 1. The third-order valence-corrected chi connectivity index (χ3v) is 5.20. The van der Waals surface area contributed by atoms with Crippen molar-refractivity contribution in [3.63, 3.8) is 0 Å². The van der Waals surface area contributed by atoms with Crippen LogP contribution in [0.3, 0.4) is 0 Å². The Morgan fingerprint density at radius 3 is 2.62 bits per heavy atom. The molecule has 2 aromatic carbocycles. The lowest BCUT2D eigenvalue weighted by Crippen LogP contribution is -2.26. The summed E-state index contributed by atoms with van der Waals surface area (Å²) in [6.07, 6.45) is 2.38. The van der Waals surface area contributed by atoms with Gasteiger partial charge in [-0.05, 0) is 37.1 Å². The largest absolute Gasteiger partial charge is 0.324 e. The molecular formula is C22H23N3O. The predicted octanol–water partition coefficient (Wildman–Crippen LogP) is 4.36. The molecule has 4 nitrogen and oxygen atoms in total. The molecule has 0 spiro atoms. The van der Waals surface area contributed by atoms with Crippen molar-refractivity contribution in [2.24, 2.45) is 0 Å². The molecule has 0 N–H and O–H groups in total. The van der Waals surface area contributed by atoms with Gasteiger partial charge in [-0.2, -0.15) is 0 Å². The maximum Gasteiger partial charge on any atom is 0.227 e. The van der Waals surface area contributed by atoms with E-state index in [2.05, 4.69) is 43.2 Å². The van der Waals surface area contributed by atoms with Gasteiger partial charge < -0.3 is 9.47 Å². The Morgan fingerprint density at radius 2 is 1.88 bits per heavy atom. The summed E-state index contributed by atoms with van der Waals surface area (Å²) in [4.78, 5) is 19.6. The summed E-state index contributed by atoms with van der Waals surface area (Å²) in [6.45, 7) is 9.39. The fourth-order valence-electron chi connectivity index (χ4n) is 4.05. The predicted molar refractivity (Wildman–Crippen MR) is 106 cm³/mol. The van der Waals surface area contributed by atoms with Crippen LogP contribution in [-0.4, -0.2) is 22.0 Å². The first-order valence-corrected chi connectivity index (χ1v) is 9.02. The van der Waals surface area contributed by atoms with E-state index in [0.29, 0.717) is 19.5 Å². The molecule has 0 aliphatic carbocycles. The van der Waals surface area contributed by atoms with E-state index in [1.807, 2.05) is 35.2 Å². The number of aromatic nitrogens is 2. The van der Waals surface area contributed by atoms with Crippen molar-refractivity contribution >= 4 is 22.6 Å². The molecule has 0 radical (unpaired) electrons. The number of hydrogen-bond acceptors (Lipinski definition) is 2. The maximum atomic E-state index is 12.8. The molecule has 0 saturated carbocycles. The maximum absolute atomic E-state index is 12.8. The van der Waals surface area contributed by atoms with Crippen molar-refractivity contribution in [2.45, 2.75) is 32.7 Å². The van der Waals surface area contributed by atoms with Gasteiger partial charge in [0.05, 0.1) is 11.0 Å². The molecule has 1 fully saturated rings. The minimum atomic E-state index is 0.0915. The summed E-state index contributed by atoms with van der Waals surface area (Å²) in [5.74, 6) is 1.24. The molecule has 26 heavy (non-hydrogen) atoms. The van der Waals surface area contributed by atoms with Crippen LogP contribution >= 0.6 is 0 Å². The molecule has 1 aliphatic heterocycles. The van der Waals surface area contributed by atoms with E-state index in [4.69, 9.17) is 4.98 Å². The topological polar surface area (TPSA) is 38.1 Å². The number of rotatable bonds is 4. The second-order valence-corrected chi connectivity index (χ2v) is 7.00. The van der Waals surface area contributed by atoms with E-state index in [-0.39, 0.29) is 11.8 Å². The van der Waals surface area contributed by atoms with E-state index in [1.165, 1.54) is 0 Å². The highest BCUT2D eigenvalue weighted by molar-refractivity contribution is 5.98. The molecule has 0 bridgehead atoms. The Kier molecular flexibility index (Phi) is 4.11. The quantitative estimate of drug-likeness (QED) is 0.659. The first-order valence-electron chi connectivity index (χ1n) is 9.02. The van der Waals surface area contributed by atoms with Crippen molar-refractivity contribution < 1.29 is 4.79 Å². The number of fused-ring (bicyclic) bond motifs is 1. The molecule has 3 aromatic rings. The summed E-state index contributed by atoms with van der Waals surface area (Å²) in [6, 6.07) is 14.3. The Morgan fingerprint density at radius 1 is 1.15 bits per heavy atom. The molecule has 1 aliphatic rings. The lowest BCUT2D eigenvalue weighted by molar-refractivity contribution is -0.117. The Bertz CT molecular complexity index is 982. The second kappa shape index (κ2) is 6.45. The molecule has 1 atom stereocenters. The Labute approximate surface area is 153 Å². The van der Waals surface area contributed by atoms with E-state index in [0.717, 1.165) is 33.7 Å². The molecule has 4 heteroatoms. The first kappa shape index (κ1) is 16.6. The molecule has 1 amide bonds. The summed E-state index contributed by atoms with van der Waals surface area (Å²) in [7, 11) is 0. The third kappa shape index (κ3) is 2.62. The van der Waals surface area contributed by atoms with Crippen LogP contribution in [-0.2, 0) is 11.3 Å². The fourth-order valence-corrected chi connectivity index (χ4v) is 4.05. The smallest absolute Gasteiger partial charge is 0.227 e. The third-order valence-electron chi connectivity index (χ3n) is 5.20. The standard InChI is InChI=1S/C22H23N3O/c1-4-12-24-19-11-6-5-10-18(19)23-22(24)17-13-20(26)25(14-17)21-15(2)8-7-9-16(21)3/h4-11,17H,1,12-14H2,2-3H3. The number of imidazole rings is 1. The van der Waals surface area contributed by atoms with Crippen molar-refractivity contribution in [3.8, 4) is 0 Å². The summed E-state index contributed by atoms with van der Waals surface area (Å²) in [5.41, 5.74) is 5.39. The minimum absolute atomic E-state index is 0.0915. The van der Waals surface area contributed by atoms with E-state index < -0.39 is 0 Å². The highest BCUT2D eigenvalue weighted by Crippen LogP contribution is 2.35. The number of para-hydroxylation sites is 3. The van der Waals surface area contributed by atoms with Gasteiger partial charge in [0.1, 0.15) is 5.82 Å². The van der Waals surface area contributed by atoms with Gasteiger partial charge in [0.2, 0.25) is 5.91 Å². The van der Waals surface area contributed by atoms with Gasteiger partial charge >= 0.3 is 0 Å². The first-order chi connectivity index (χ1) is 12.6. The zero-order valence-electron chi connectivity index (χ0n) is 15.3. The zero-order chi connectivity index (χ0) is 18.3. The lowest BCUT2D eigenvalue weighted by atomic mass is 10.1. The average Bonchev–Trinajstić information content (AvgIpc) is 3.17. The molecule has 4 rings (SSSR count). The Balaban J connectivity index is 1.75. The summed E-state index contributed by atoms with van der Waals surface area (Å²) >= 11 is 0. The van der Waals surface area contributed by atoms with E-state index in [1.54, 1.807) is 0 Å². The van der Waals surface area contributed by atoms with Crippen LogP contribution in [0, 0.1) is 13.8 Å². The van der Waals surface area contributed by atoms with Crippen LogP contribution in [0.15, 0.2) is 55.1 Å². The number of anilines is 1. The molecule has 1 unspecified atom stereocenters. The number of hydrogen-bond donors (Lipinski definition) is 0. The van der Waals surface area contributed by atoms with Gasteiger partial charge in [-0.25, -0.2) is 4.98 Å². The molecule has 1 saturated heterocycles. The monoisotopic (exact) mass is 345 g/mol. The minimum Gasteiger partial charge on any atom is -0.324 e. The van der Waals surface area contributed by atoms with Gasteiger partial charge in [0.25, 0.3) is 0 Å². The van der Waals surface area contributed by atoms with Crippen LogP contribution in [0.2, 0.25) is 0 Å². The summed E-state index contributed by atoms with van der Waals surface area (Å²) < 4.78 is 2.19. The molecular weight excluding hydrogens is 322 g/mol. The molecule has 132 valence electrons. The van der Waals surface area contributed by atoms with Gasteiger partial charge in [0, 0.05) is 31.1 Å². The molecule has 2 heterocycles. The second-order valence-electron chi connectivity index (χ2n) is 7.00. The number of carbonyl (C=O) groups is 1. The van der Waals surface area contributed by atoms with Crippen LogP contribution in [0.1, 0.15) is 29.3 Å². The normalized spacial score (nSPS) is 17.2. The van der Waals surface area contributed by atoms with Crippen LogP contribution in [0.25, 0.3) is 11.0 Å². The SMILES string of the molecule is C=CCn1c(C2CC(=O)N(c3c(C)cccc3C)C2)nc2ccccc21. The molecule has 1 aromatic heterocycles. The van der Waals surface area contributed by atoms with Crippen molar-refractivity contribution in [1.29, 1.82) is 0 Å². The Hall–Kier alpha value is -2.88. The number of allylic oxidation sites excluding steroid dienone is 1.